The van der Waals surface area contributed by atoms with Crippen LogP contribution in [0, 0.1) is 17.5 Å². The van der Waals surface area contributed by atoms with Gasteiger partial charge in [-0.2, -0.15) is 4.39 Å². The van der Waals surface area contributed by atoms with Gasteiger partial charge in [0.15, 0.2) is 11.6 Å². The number of unbranched alkanes of at least 4 members (excludes halogenated alkanes) is 1. The summed E-state index contributed by atoms with van der Waals surface area (Å²) in [7, 11) is 1.65. The molecule has 2 aromatic rings. The van der Waals surface area contributed by atoms with Crippen LogP contribution in [-0.4, -0.2) is 33.0 Å². The summed E-state index contributed by atoms with van der Waals surface area (Å²) in [5.41, 5.74) is 0.823. The molecule has 3 rings (SSSR count). The van der Waals surface area contributed by atoms with E-state index >= 15 is 0 Å². The van der Waals surface area contributed by atoms with E-state index in [-0.39, 0.29) is 35.5 Å². The lowest BCUT2D eigenvalue weighted by atomic mass is 9.89. The van der Waals surface area contributed by atoms with Crippen LogP contribution < -0.4 is 4.74 Å². The van der Waals surface area contributed by atoms with Crippen molar-refractivity contribution in [3.63, 3.8) is 0 Å². The second-order valence-electron chi connectivity index (χ2n) is 7.77. The molecular weight excluding hydrogens is 405 g/mol. The Morgan fingerprint density at radius 2 is 1.94 bits per heavy atom. The largest absolute Gasteiger partial charge is 0.490 e. The zero-order chi connectivity index (χ0) is 22.2. The van der Waals surface area contributed by atoms with E-state index in [1.54, 1.807) is 25.3 Å². The quantitative estimate of drug-likeness (QED) is 0.319. The first kappa shape index (κ1) is 23.4. The maximum absolute atomic E-state index is 14.8. The summed E-state index contributed by atoms with van der Waals surface area (Å²) in [6.45, 7) is 4.95. The van der Waals surface area contributed by atoms with Crippen molar-refractivity contribution in [2.24, 2.45) is 0 Å². The lowest BCUT2D eigenvalue weighted by molar-refractivity contribution is -0.0133. The van der Waals surface area contributed by atoms with Crippen molar-refractivity contribution >= 4 is 0 Å². The minimum absolute atomic E-state index is 0.000848. The van der Waals surface area contributed by atoms with Crippen molar-refractivity contribution in [2.45, 2.75) is 44.1 Å². The van der Waals surface area contributed by atoms with Gasteiger partial charge in [-0.25, -0.2) is 8.78 Å². The van der Waals surface area contributed by atoms with Crippen molar-refractivity contribution in [1.29, 1.82) is 0 Å². The van der Waals surface area contributed by atoms with E-state index in [2.05, 4.69) is 6.58 Å². The van der Waals surface area contributed by atoms with Crippen molar-refractivity contribution in [3.8, 4) is 16.9 Å². The molecule has 168 valence electrons. The lowest BCUT2D eigenvalue weighted by Gasteiger charge is -2.29. The standard InChI is InChI=1S/C25H29F3O3/c1-3-4-5-13-30-23-11-10-21(24(27)25(23)28)17-7-9-20(22(26)15-17)18-6-8-19(31-16-18)12-14-29-2/h3,7,9-11,15,18-19H,1,4-6,8,12-14,16H2,2H3. The summed E-state index contributed by atoms with van der Waals surface area (Å²) < 4.78 is 60.1. The first-order chi connectivity index (χ1) is 15.0. The Morgan fingerprint density at radius 3 is 2.61 bits per heavy atom. The van der Waals surface area contributed by atoms with E-state index in [1.807, 2.05) is 0 Å². The molecule has 1 fully saturated rings. The molecule has 6 heteroatoms. The Hall–Kier alpha value is -2.31. The fourth-order valence-corrected chi connectivity index (χ4v) is 3.83. The number of hydrogen-bond donors (Lipinski definition) is 0. The summed E-state index contributed by atoms with van der Waals surface area (Å²) in [4.78, 5) is 0. The molecule has 1 saturated heterocycles. The first-order valence-corrected chi connectivity index (χ1v) is 10.7. The van der Waals surface area contributed by atoms with Crippen LogP contribution >= 0.6 is 0 Å². The Morgan fingerprint density at radius 1 is 1.10 bits per heavy atom. The van der Waals surface area contributed by atoms with E-state index < -0.39 is 17.5 Å². The van der Waals surface area contributed by atoms with E-state index in [1.165, 1.54) is 18.2 Å². The number of hydrogen-bond acceptors (Lipinski definition) is 3. The highest BCUT2D eigenvalue weighted by molar-refractivity contribution is 5.66. The zero-order valence-corrected chi connectivity index (χ0v) is 17.8. The topological polar surface area (TPSA) is 27.7 Å². The number of allylic oxidation sites excluding steroid dienone is 1. The molecule has 0 spiro atoms. The molecule has 3 nitrogen and oxygen atoms in total. The van der Waals surface area contributed by atoms with E-state index in [0.717, 1.165) is 25.7 Å². The minimum Gasteiger partial charge on any atom is -0.490 e. The van der Waals surface area contributed by atoms with Gasteiger partial charge < -0.3 is 14.2 Å². The number of rotatable bonds is 10. The molecule has 1 aliphatic rings. The zero-order valence-electron chi connectivity index (χ0n) is 17.8. The van der Waals surface area contributed by atoms with Gasteiger partial charge in [-0.15, -0.1) is 6.58 Å². The van der Waals surface area contributed by atoms with Crippen LogP contribution in [0.5, 0.6) is 5.75 Å². The van der Waals surface area contributed by atoms with Gasteiger partial charge in [0.25, 0.3) is 0 Å². The van der Waals surface area contributed by atoms with Crippen LogP contribution in [-0.2, 0) is 9.47 Å². The van der Waals surface area contributed by atoms with Gasteiger partial charge >= 0.3 is 0 Å². The molecule has 0 radical (unpaired) electrons. The molecular formula is C25H29F3O3. The van der Waals surface area contributed by atoms with Crippen LogP contribution in [0.25, 0.3) is 11.1 Å². The molecule has 1 heterocycles. The van der Waals surface area contributed by atoms with E-state index in [0.29, 0.717) is 25.2 Å². The summed E-state index contributed by atoms with van der Waals surface area (Å²) in [5.74, 6) is -2.75. The maximum atomic E-state index is 14.8. The fraction of sp³-hybridized carbons (Fsp3) is 0.440. The molecule has 0 saturated carbocycles. The minimum atomic E-state index is -1.07. The molecule has 1 aliphatic heterocycles. The normalized spacial score (nSPS) is 18.7. The van der Waals surface area contributed by atoms with Gasteiger partial charge in [0, 0.05) is 25.2 Å². The lowest BCUT2D eigenvalue weighted by Crippen LogP contribution is -2.26. The van der Waals surface area contributed by atoms with Crippen LogP contribution in [0.4, 0.5) is 13.2 Å². The van der Waals surface area contributed by atoms with Gasteiger partial charge in [0.1, 0.15) is 5.82 Å². The summed E-state index contributed by atoms with van der Waals surface area (Å²) in [5, 5.41) is 0. The van der Waals surface area contributed by atoms with E-state index in [4.69, 9.17) is 14.2 Å². The molecule has 2 unspecified atom stereocenters. The predicted octanol–water partition coefficient (Wildman–Crippen LogP) is 6.42. The summed E-state index contributed by atoms with van der Waals surface area (Å²) >= 11 is 0. The average Bonchev–Trinajstić information content (AvgIpc) is 2.78. The Kier molecular flexibility index (Phi) is 8.55. The first-order valence-electron chi connectivity index (χ1n) is 10.7. The molecule has 2 atom stereocenters. The van der Waals surface area contributed by atoms with Crippen LogP contribution in [0.1, 0.15) is 43.6 Å². The number of ether oxygens (including phenoxy) is 3. The third kappa shape index (κ3) is 5.89. The summed E-state index contributed by atoms with van der Waals surface area (Å²) in [6.07, 6.45) is 5.73. The van der Waals surface area contributed by atoms with E-state index in [9.17, 15) is 13.2 Å². The highest BCUT2D eigenvalue weighted by atomic mass is 19.2. The summed E-state index contributed by atoms with van der Waals surface area (Å²) in [6, 6.07) is 7.32. The number of halogens is 3. The average molecular weight is 434 g/mol. The molecule has 0 bridgehead atoms. The molecule has 31 heavy (non-hydrogen) atoms. The van der Waals surface area contributed by atoms with Crippen LogP contribution in [0.15, 0.2) is 43.0 Å². The van der Waals surface area contributed by atoms with Crippen LogP contribution in [0.2, 0.25) is 0 Å². The highest BCUT2D eigenvalue weighted by Crippen LogP contribution is 2.35. The second kappa shape index (κ2) is 11.3. The molecule has 0 aromatic heterocycles. The van der Waals surface area contributed by atoms with Crippen molar-refractivity contribution < 1.29 is 27.4 Å². The Labute approximate surface area is 181 Å². The van der Waals surface area contributed by atoms with Crippen LogP contribution in [0.3, 0.4) is 0 Å². The van der Waals surface area contributed by atoms with Gasteiger partial charge in [0.2, 0.25) is 5.82 Å². The molecule has 0 amide bonds. The molecule has 0 N–H and O–H groups in total. The van der Waals surface area contributed by atoms with Crippen molar-refractivity contribution in [1.82, 2.24) is 0 Å². The Bertz CT molecular complexity index is 877. The maximum Gasteiger partial charge on any atom is 0.201 e. The monoisotopic (exact) mass is 434 g/mol. The number of benzene rings is 2. The van der Waals surface area contributed by atoms with Gasteiger partial charge in [0.05, 0.1) is 19.3 Å². The van der Waals surface area contributed by atoms with Gasteiger partial charge in [-0.1, -0.05) is 18.2 Å². The second-order valence-corrected chi connectivity index (χ2v) is 7.77. The number of methoxy groups -OCH3 is 1. The van der Waals surface area contributed by atoms with Gasteiger partial charge in [-0.05, 0) is 61.4 Å². The van der Waals surface area contributed by atoms with Gasteiger partial charge in [-0.3, -0.25) is 0 Å². The SMILES string of the molecule is C=CCCCOc1ccc(-c2ccc(C3CCC(CCOC)OC3)c(F)c2)c(F)c1F. The predicted molar refractivity (Wildman–Crippen MR) is 115 cm³/mol. The van der Waals surface area contributed by atoms with Crippen molar-refractivity contribution in [3.05, 3.63) is 66.0 Å². The third-order valence-electron chi connectivity index (χ3n) is 5.62. The molecule has 2 aromatic carbocycles. The Balaban J connectivity index is 1.70. The smallest absolute Gasteiger partial charge is 0.201 e. The highest BCUT2D eigenvalue weighted by Gasteiger charge is 2.25. The fourth-order valence-electron chi connectivity index (χ4n) is 3.83. The van der Waals surface area contributed by atoms with Crippen molar-refractivity contribution in [2.75, 3.05) is 26.9 Å². The third-order valence-corrected chi connectivity index (χ3v) is 5.62. The molecule has 0 aliphatic carbocycles.